The van der Waals surface area contributed by atoms with Gasteiger partial charge in [0.25, 0.3) is 0 Å². The summed E-state index contributed by atoms with van der Waals surface area (Å²) in [6.45, 7) is 1.83. The Hall–Kier alpha value is -1.82. The van der Waals surface area contributed by atoms with E-state index in [1.54, 1.807) is 12.1 Å². The lowest BCUT2D eigenvalue weighted by atomic mass is 10.1. The van der Waals surface area contributed by atoms with Crippen molar-refractivity contribution in [2.75, 3.05) is 5.73 Å². The number of aromatic amines is 1. The van der Waals surface area contributed by atoms with Gasteiger partial charge in [0, 0.05) is 5.56 Å². The molecule has 0 fully saturated rings. The summed E-state index contributed by atoms with van der Waals surface area (Å²) in [6, 6.07) is 9.16. The number of nitrogens with one attached hydrogen (secondary N) is 1. The number of hydrogen-bond acceptors (Lipinski definition) is 5. The van der Waals surface area contributed by atoms with E-state index in [0.717, 1.165) is 0 Å². The Morgan fingerprint density at radius 1 is 1.41 bits per heavy atom. The molecule has 17 heavy (non-hydrogen) atoms. The Morgan fingerprint density at radius 2 is 2.12 bits per heavy atom. The molecule has 1 aromatic carbocycles. The number of nitrogens with two attached hydrogens (primary N) is 1. The van der Waals surface area contributed by atoms with Crippen LogP contribution in [0.2, 0.25) is 0 Å². The van der Waals surface area contributed by atoms with Crippen LogP contribution in [0.25, 0.3) is 0 Å². The molecule has 0 bridgehead atoms. The number of benzene rings is 1. The first-order chi connectivity index (χ1) is 8.16. The molecule has 0 aliphatic carbocycles. The van der Waals surface area contributed by atoms with Crippen molar-refractivity contribution in [2.45, 2.75) is 17.3 Å². The SMILES string of the molecule is CC(Sc1n[nH]c(N)n1)C(=O)c1ccccc1. The van der Waals surface area contributed by atoms with Gasteiger partial charge < -0.3 is 5.73 Å². The first-order valence-electron chi connectivity index (χ1n) is 5.10. The molecule has 0 aliphatic heterocycles. The fraction of sp³-hybridized carbons (Fsp3) is 0.182. The van der Waals surface area contributed by atoms with Crippen LogP contribution in [-0.4, -0.2) is 26.2 Å². The van der Waals surface area contributed by atoms with Gasteiger partial charge in [-0.2, -0.15) is 4.98 Å². The number of thioether (sulfide) groups is 1. The van der Waals surface area contributed by atoms with Crippen molar-refractivity contribution in [3.63, 3.8) is 0 Å². The van der Waals surface area contributed by atoms with Crippen molar-refractivity contribution in [3.8, 4) is 0 Å². The topological polar surface area (TPSA) is 84.7 Å². The van der Waals surface area contributed by atoms with Crippen molar-refractivity contribution >= 4 is 23.5 Å². The number of hydrogen-bond donors (Lipinski definition) is 2. The van der Waals surface area contributed by atoms with Crippen LogP contribution in [-0.2, 0) is 0 Å². The molecule has 0 radical (unpaired) electrons. The highest BCUT2D eigenvalue weighted by molar-refractivity contribution is 8.00. The van der Waals surface area contributed by atoms with Crippen LogP contribution in [0.1, 0.15) is 17.3 Å². The van der Waals surface area contributed by atoms with Crippen molar-refractivity contribution < 1.29 is 4.79 Å². The fourth-order valence-corrected chi connectivity index (χ4v) is 2.17. The normalized spacial score (nSPS) is 12.3. The molecule has 88 valence electrons. The van der Waals surface area contributed by atoms with E-state index in [4.69, 9.17) is 5.73 Å². The van der Waals surface area contributed by atoms with Gasteiger partial charge in [-0.15, -0.1) is 5.10 Å². The van der Waals surface area contributed by atoms with Gasteiger partial charge in [0.2, 0.25) is 11.1 Å². The number of nitrogens with zero attached hydrogens (tertiary/aromatic N) is 2. The maximum Gasteiger partial charge on any atom is 0.216 e. The Balaban J connectivity index is 2.06. The second kappa shape index (κ2) is 5.01. The molecule has 5 nitrogen and oxygen atoms in total. The second-order valence-electron chi connectivity index (χ2n) is 3.49. The minimum Gasteiger partial charge on any atom is -0.368 e. The number of ketones is 1. The Morgan fingerprint density at radius 3 is 2.71 bits per heavy atom. The number of H-pyrrole nitrogens is 1. The highest BCUT2D eigenvalue weighted by atomic mass is 32.2. The van der Waals surface area contributed by atoms with Crippen LogP contribution in [0.5, 0.6) is 0 Å². The van der Waals surface area contributed by atoms with E-state index in [1.165, 1.54) is 11.8 Å². The van der Waals surface area contributed by atoms with E-state index in [9.17, 15) is 4.79 Å². The molecule has 0 saturated carbocycles. The van der Waals surface area contributed by atoms with Gasteiger partial charge in [0.1, 0.15) is 0 Å². The molecular weight excluding hydrogens is 236 g/mol. The van der Waals surface area contributed by atoms with E-state index in [0.29, 0.717) is 10.7 Å². The standard InChI is InChI=1S/C11H12N4OS/c1-7(17-11-13-10(12)14-15-11)9(16)8-5-3-2-4-6-8/h2-7H,1H3,(H3,12,13,14,15). The third-order valence-corrected chi connectivity index (χ3v) is 3.15. The van der Waals surface area contributed by atoms with Gasteiger partial charge in [-0.1, -0.05) is 42.1 Å². The molecule has 0 saturated heterocycles. The largest absolute Gasteiger partial charge is 0.368 e. The van der Waals surface area contributed by atoms with Gasteiger partial charge in [0.15, 0.2) is 5.78 Å². The summed E-state index contributed by atoms with van der Waals surface area (Å²) >= 11 is 1.28. The average Bonchev–Trinajstić information content (AvgIpc) is 2.75. The van der Waals surface area contributed by atoms with E-state index >= 15 is 0 Å². The van der Waals surface area contributed by atoms with Gasteiger partial charge in [0.05, 0.1) is 5.25 Å². The number of rotatable bonds is 4. The Labute approximate surface area is 103 Å². The first-order valence-corrected chi connectivity index (χ1v) is 5.98. The monoisotopic (exact) mass is 248 g/mol. The third-order valence-electron chi connectivity index (χ3n) is 2.19. The first kappa shape index (κ1) is 11.7. The maximum absolute atomic E-state index is 12.0. The van der Waals surface area contributed by atoms with Crippen molar-refractivity contribution in [1.82, 2.24) is 15.2 Å². The molecule has 1 atom stereocenters. The molecule has 2 rings (SSSR count). The minimum atomic E-state index is -0.243. The number of carbonyl (C=O) groups excluding carboxylic acids is 1. The lowest BCUT2D eigenvalue weighted by molar-refractivity contribution is 0.0994. The van der Waals surface area contributed by atoms with Crippen LogP contribution in [0.3, 0.4) is 0 Å². The number of anilines is 1. The molecule has 2 aromatic rings. The number of Topliss-reactive ketones (excluding diaryl/α,β-unsaturated/α-hetero) is 1. The molecule has 3 N–H and O–H groups in total. The Kier molecular flexibility index (Phi) is 3.43. The summed E-state index contributed by atoms with van der Waals surface area (Å²) in [7, 11) is 0. The van der Waals surface area contributed by atoms with Crippen molar-refractivity contribution in [2.24, 2.45) is 0 Å². The van der Waals surface area contributed by atoms with E-state index < -0.39 is 0 Å². The van der Waals surface area contributed by atoms with Crippen molar-refractivity contribution in [3.05, 3.63) is 35.9 Å². The summed E-state index contributed by atoms with van der Waals surface area (Å²) in [5, 5.41) is 6.66. The molecule has 0 amide bonds. The van der Waals surface area contributed by atoms with Crippen LogP contribution in [0.4, 0.5) is 5.95 Å². The summed E-state index contributed by atoms with van der Waals surface area (Å²) in [6.07, 6.45) is 0. The molecule has 1 heterocycles. The van der Waals surface area contributed by atoms with E-state index in [1.807, 2.05) is 25.1 Å². The second-order valence-corrected chi connectivity index (χ2v) is 4.80. The quantitative estimate of drug-likeness (QED) is 0.636. The number of nitrogen functional groups attached to an aromatic ring is 1. The predicted octanol–water partition coefficient (Wildman–Crippen LogP) is 1.75. The fourth-order valence-electron chi connectivity index (χ4n) is 1.36. The summed E-state index contributed by atoms with van der Waals surface area (Å²) in [4.78, 5) is 16.0. The smallest absolute Gasteiger partial charge is 0.216 e. The highest BCUT2D eigenvalue weighted by Gasteiger charge is 2.18. The van der Waals surface area contributed by atoms with Crippen molar-refractivity contribution in [1.29, 1.82) is 0 Å². The third kappa shape index (κ3) is 2.85. The average molecular weight is 248 g/mol. The summed E-state index contributed by atoms with van der Waals surface area (Å²) in [5.41, 5.74) is 6.10. The van der Waals surface area contributed by atoms with Gasteiger partial charge in [-0.05, 0) is 6.92 Å². The molecular formula is C11H12N4OS. The number of aromatic nitrogens is 3. The molecule has 0 spiro atoms. The van der Waals surface area contributed by atoms with Crippen LogP contribution in [0, 0.1) is 0 Å². The maximum atomic E-state index is 12.0. The lowest BCUT2D eigenvalue weighted by Gasteiger charge is -2.07. The minimum absolute atomic E-state index is 0.0546. The van der Waals surface area contributed by atoms with Gasteiger partial charge >= 0.3 is 0 Å². The Bertz CT molecular complexity index is 511. The zero-order valence-corrected chi connectivity index (χ0v) is 10.1. The highest BCUT2D eigenvalue weighted by Crippen LogP contribution is 2.22. The summed E-state index contributed by atoms with van der Waals surface area (Å²) < 4.78 is 0. The molecule has 1 unspecified atom stereocenters. The molecule has 6 heteroatoms. The number of carbonyl (C=O) groups is 1. The van der Waals surface area contributed by atoms with Crippen LogP contribution in [0.15, 0.2) is 35.5 Å². The van der Waals surface area contributed by atoms with Crippen LogP contribution < -0.4 is 5.73 Å². The van der Waals surface area contributed by atoms with Gasteiger partial charge in [-0.25, -0.2) is 5.10 Å². The summed E-state index contributed by atoms with van der Waals surface area (Å²) in [5.74, 6) is 0.311. The van der Waals surface area contributed by atoms with E-state index in [-0.39, 0.29) is 17.0 Å². The van der Waals surface area contributed by atoms with Crippen LogP contribution >= 0.6 is 11.8 Å². The molecule has 0 aliphatic rings. The van der Waals surface area contributed by atoms with E-state index in [2.05, 4.69) is 15.2 Å². The zero-order valence-electron chi connectivity index (χ0n) is 9.25. The molecule has 1 aromatic heterocycles. The predicted molar refractivity (Wildman–Crippen MR) is 66.9 cm³/mol. The lowest BCUT2D eigenvalue weighted by Crippen LogP contribution is -2.13. The van der Waals surface area contributed by atoms with Gasteiger partial charge in [-0.3, -0.25) is 4.79 Å². The zero-order chi connectivity index (χ0) is 12.3.